The van der Waals surface area contributed by atoms with E-state index in [0.717, 1.165) is 42.5 Å². The van der Waals surface area contributed by atoms with Crippen molar-refractivity contribution in [2.45, 2.75) is 40.0 Å². The smallest absolute Gasteiger partial charge is 0.253 e. The summed E-state index contributed by atoms with van der Waals surface area (Å²) in [6.45, 7) is 8.02. The van der Waals surface area contributed by atoms with Crippen LogP contribution in [0.4, 0.5) is 0 Å². The molecule has 1 aromatic rings. The number of carbonyl (C=O) groups excluding carboxylic acids is 2. The zero-order valence-corrected chi connectivity index (χ0v) is 13.8. The van der Waals surface area contributed by atoms with Gasteiger partial charge in [0, 0.05) is 25.2 Å². The Kier molecular flexibility index (Phi) is 5.58. The van der Waals surface area contributed by atoms with Crippen molar-refractivity contribution in [3.63, 3.8) is 0 Å². The van der Waals surface area contributed by atoms with Crippen molar-refractivity contribution in [1.82, 2.24) is 10.2 Å². The molecule has 0 saturated carbocycles. The van der Waals surface area contributed by atoms with E-state index in [1.807, 2.05) is 37.8 Å². The van der Waals surface area contributed by atoms with E-state index in [1.54, 1.807) is 0 Å². The molecule has 1 aromatic carbocycles. The maximum Gasteiger partial charge on any atom is 0.253 e. The van der Waals surface area contributed by atoms with Crippen molar-refractivity contribution in [1.29, 1.82) is 0 Å². The van der Waals surface area contributed by atoms with Crippen molar-refractivity contribution in [3.8, 4) is 0 Å². The van der Waals surface area contributed by atoms with Gasteiger partial charge < -0.3 is 10.2 Å². The normalized spacial score (nSPS) is 18.1. The number of carbonyl (C=O) groups is 2. The van der Waals surface area contributed by atoms with Gasteiger partial charge in [0.15, 0.2) is 0 Å². The zero-order chi connectivity index (χ0) is 16.1. The van der Waals surface area contributed by atoms with Crippen LogP contribution in [-0.4, -0.2) is 36.3 Å². The average Bonchev–Trinajstić information content (AvgIpc) is 2.51. The van der Waals surface area contributed by atoms with Gasteiger partial charge in [0.1, 0.15) is 0 Å². The van der Waals surface area contributed by atoms with Gasteiger partial charge in [-0.2, -0.15) is 0 Å². The Bertz CT molecular complexity index is 534. The molecular weight excluding hydrogens is 276 g/mol. The lowest BCUT2D eigenvalue weighted by Crippen LogP contribution is -2.45. The van der Waals surface area contributed by atoms with Crippen LogP contribution in [0.5, 0.6) is 0 Å². The van der Waals surface area contributed by atoms with Crippen molar-refractivity contribution in [2.75, 3.05) is 19.6 Å². The van der Waals surface area contributed by atoms with Crippen LogP contribution in [0, 0.1) is 19.8 Å². The summed E-state index contributed by atoms with van der Waals surface area (Å²) in [5, 5.41) is 2.94. The predicted molar refractivity (Wildman–Crippen MR) is 87.8 cm³/mol. The van der Waals surface area contributed by atoms with Crippen LogP contribution in [-0.2, 0) is 4.79 Å². The molecule has 0 aromatic heterocycles. The Hall–Kier alpha value is -1.84. The number of piperidine rings is 1. The fourth-order valence-corrected chi connectivity index (χ4v) is 3.05. The van der Waals surface area contributed by atoms with Gasteiger partial charge in [-0.05, 0) is 45.2 Å². The van der Waals surface area contributed by atoms with Gasteiger partial charge in [-0.15, -0.1) is 0 Å². The van der Waals surface area contributed by atoms with E-state index in [0.29, 0.717) is 13.1 Å². The number of likely N-dealkylation sites (tertiary alicyclic amines) is 1. The molecule has 1 heterocycles. The van der Waals surface area contributed by atoms with Crippen molar-refractivity contribution < 1.29 is 9.59 Å². The SMILES string of the molecule is CCCNC(=O)[C@H]1CCCN(C(=O)c2cc(C)cc(C)c2)C1. The van der Waals surface area contributed by atoms with Crippen LogP contribution in [0.3, 0.4) is 0 Å². The molecule has 1 aliphatic rings. The first kappa shape index (κ1) is 16.5. The topological polar surface area (TPSA) is 49.4 Å². The second-order valence-electron chi connectivity index (χ2n) is 6.26. The van der Waals surface area contributed by atoms with Gasteiger partial charge in [0.25, 0.3) is 5.91 Å². The highest BCUT2D eigenvalue weighted by Gasteiger charge is 2.28. The monoisotopic (exact) mass is 302 g/mol. The summed E-state index contributed by atoms with van der Waals surface area (Å²) < 4.78 is 0. The molecule has 2 amide bonds. The number of rotatable bonds is 4. The molecular formula is C18H26N2O2. The molecule has 0 spiro atoms. The Morgan fingerprint density at radius 2 is 1.91 bits per heavy atom. The van der Waals surface area contributed by atoms with E-state index < -0.39 is 0 Å². The standard InChI is InChI=1S/C18H26N2O2/c1-4-7-19-17(21)15-6-5-8-20(12-15)18(22)16-10-13(2)9-14(3)11-16/h9-11,15H,4-8,12H2,1-3H3,(H,19,21)/t15-/m0/s1. The van der Waals surface area contributed by atoms with Gasteiger partial charge in [-0.25, -0.2) is 0 Å². The summed E-state index contributed by atoms with van der Waals surface area (Å²) in [4.78, 5) is 26.6. The summed E-state index contributed by atoms with van der Waals surface area (Å²) in [7, 11) is 0. The minimum Gasteiger partial charge on any atom is -0.356 e. The Labute approximate surface area is 132 Å². The minimum atomic E-state index is -0.0739. The van der Waals surface area contributed by atoms with Gasteiger partial charge in [-0.1, -0.05) is 24.1 Å². The number of nitrogens with one attached hydrogen (secondary N) is 1. The molecule has 0 unspecified atom stereocenters. The highest BCUT2D eigenvalue weighted by Crippen LogP contribution is 2.20. The summed E-state index contributed by atoms with van der Waals surface area (Å²) in [6, 6.07) is 5.92. The van der Waals surface area contributed by atoms with Gasteiger partial charge in [-0.3, -0.25) is 9.59 Å². The summed E-state index contributed by atoms with van der Waals surface area (Å²) in [6.07, 6.45) is 2.69. The number of amides is 2. The van der Waals surface area contributed by atoms with Crippen LogP contribution in [0.1, 0.15) is 47.7 Å². The van der Waals surface area contributed by atoms with E-state index in [-0.39, 0.29) is 17.7 Å². The van der Waals surface area contributed by atoms with Gasteiger partial charge in [0.05, 0.1) is 5.92 Å². The second-order valence-corrected chi connectivity index (χ2v) is 6.26. The van der Waals surface area contributed by atoms with E-state index >= 15 is 0 Å². The molecule has 1 aliphatic heterocycles. The van der Waals surface area contributed by atoms with Crippen molar-refractivity contribution >= 4 is 11.8 Å². The minimum absolute atomic E-state index is 0.0415. The van der Waals surface area contributed by atoms with Gasteiger partial charge >= 0.3 is 0 Å². The summed E-state index contributed by atoms with van der Waals surface area (Å²) in [5.41, 5.74) is 2.92. The third-order valence-electron chi connectivity index (χ3n) is 4.10. The molecule has 1 fully saturated rings. The van der Waals surface area contributed by atoms with E-state index in [4.69, 9.17) is 0 Å². The van der Waals surface area contributed by atoms with Crippen LogP contribution in [0.2, 0.25) is 0 Å². The number of hydrogen-bond acceptors (Lipinski definition) is 2. The number of nitrogens with zero attached hydrogens (tertiary/aromatic N) is 1. The molecule has 0 aliphatic carbocycles. The summed E-state index contributed by atoms with van der Waals surface area (Å²) >= 11 is 0. The molecule has 2 rings (SSSR count). The average molecular weight is 302 g/mol. The molecule has 1 N–H and O–H groups in total. The first-order chi connectivity index (χ1) is 10.5. The van der Waals surface area contributed by atoms with E-state index in [9.17, 15) is 9.59 Å². The molecule has 4 heteroatoms. The second kappa shape index (κ2) is 7.43. The highest BCUT2D eigenvalue weighted by molar-refractivity contribution is 5.95. The lowest BCUT2D eigenvalue weighted by atomic mass is 9.96. The zero-order valence-electron chi connectivity index (χ0n) is 13.8. The molecule has 0 radical (unpaired) electrons. The van der Waals surface area contributed by atoms with E-state index in [2.05, 4.69) is 11.4 Å². The lowest BCUT2D eigenvalue weighted by molar-refractivity contribution is -0.126. The predicted octanol–water partition coefficient (Wildman–Crippen LogP) is 2.68. The summed E-state index contributed by atoms with van der Waals surface area (Å²) in [5.74, 6) is 0.0507. The number of aryl methyl sites for hydroxylation is 2. The third-order valence-corrected chi connectivity index (χ3v) is 4.10. The molecule has 1 saturated heterocycles. The molecule has 120 valence electrons. The Morgan fingerprint density at radius 1 is 1.23 bits per heavy atom. The molecule has 0 bridgehead atoms. The van der Waals surface area contributed by atoms with Crippen LogP contribution >= 0.6 is 0 Å². The highest BCUT2D eigenvalue weighted by atomic mass is 16.2. The molecule has 1 atom stereocenters. The molecule has 22 heavy (non-hydrogen) atoms. The third kappa shape index (κ3) is 4.09. The lowest BCUT2D eigenvalue weighted by Gasteiger charge is -2.32. The van der Waals surface area contributed by atoms with Gasteiger partial charge in [0.2, 0.25) is 5.91 Å². The first-order valence-electron chi connectivity index (χ1n) is 8.16. The fraction of sp³-hybridized carbons (Fsp3) is 0.556. The largest absolute Gasteiger partial charge is 0.356 e. The maximum atomic E-state index is 12.7. The number of hydrogen-bond donors (Lipinski definition) is 1. The maximum absolute atomic E-state index is 12.7. The van der Waals surface area contributed by atoms with Crippen LogP contribution in [0.25, 0.3) is 0 Å². The molecule has 4 nitrogen and oxygen atoms in total. The Morgan fingerprint density at radius 3 is 2.55 bits per heavy atom. The first-order valence-corrected chi connectivity index (χ1v) is 8.16. The van der Waals surface area contributed by atoms with Crippen molar-refractivity contribution in [2.24, 2.45) is 5.92 Å². The number of benzene rings is 1. The Balaban J connectivity index is 2.05. The van der Waals surface area contributed by atoms with Crippen LogP contribution < -0.4 is 5.32 Å². The van der Waals surface area contributed by atoms with E-state index in [1.165, 1.54) is 0 Å². The van der Waals surface area contributed by atoms with Crippen molar-refractivity contribution in [3.05, 3.63) is 34.9 Å². The van der Waals surface area contributed by atoms with Crippen LogP contribution in [0.15, 0.2) is 18.2 Å². The fourth-order valence-electron chi connectivity index (χ4n) is 3.05. The quantitative estimate of drug-likeness (QED) is 0.929.